The molecule has 0 aromatic heterocycles. The van der Waals surface area contributed by atoms with Gasteiger partial charge < -0.3 is 20.3 Å². The summed E-state index contributed by atoms with van der Waals surface area (Å²) in [5, 5.41) is 5.52. The summed E-state index contributed by atoms with van der Waals surface area (Å²) in [5.41, 5.74) is -1.26. The van der Waals surface area contributed by atoms with Gasteiger partial charge in [0.1, 0.15) is 12.1 Å². The lowest BCUT2D eigenvalue weighted by Crippen LogP contribution is -2.50. The second kappa shape index (κ2) is 9.69. The summed E-state index contributed by atoms with van der Waals surface area (Å²) in [6, 6.07) is -0.617. The minimum absolute atomic E-state index is 0.129. The van der Waals surface area contributed by atoms with Crippen LogP contribution in [0, 0.1) is 11.3 Å². The van der Waals surface area contributed by atoms with Crippen molar-refractivity contribution in [1.29, 1.82) is 0 Å². The minimum Gasteiger partial charge on any atom is -0.454 e. The first kappa shape index (κ1) is 26.6. The molecule has 0 aromatic carbocycles. The predicted molar refractivity (Wildman–Crippen MR) is 121 cm³/mol. The molecule has 10 nitrogen and oxygen atoms in total. The van der Waals surface area contributed by atoms with E-state index < -0.39 is 48.0 Å². The molecular formula is C23H38N4O6. The number of rotatable bonds is 6. The molecule has 10 heteroatoms. The molecule has 1 saturated heterocycles. The lowest BCUT2D eigenvalue weighted by Gasteiger charge is -2.40. The van der Waals surface area contributed by atoms with Gasteiger partial charge in [-0.15, -0.1) is 0 Å². The van der Waals surface area contributed by atoms with Crippen molar-refractivity contribution in [1.82, 2.24) is 20.4 Å². The molecular weight excluding hydrogens is 428 g/mol. The molecule has 2 aliphatic rings. The lowest BCUT2D eigenvalue weighted by molar-refractivity contribution is -0.154. The molecule has 33 heavy (non-hydrogen) atoms. The van der Waals surface area contributed by atoms with Crippen LogP contribution >= 0.6 is 0 Å². The molecule has 1 heterocycles. The Hall–Kier alpha value is -2.65. The highest BCUT2D eigenvalue weighted by atomic mass is 16.5. The van der Waals surface area contributed by atoms with Gasteiger partial charge in [0.2, 0.25) is 5.91 Å². The molecule has 2 N–H and O–H groups in total. The van der Waals surface area contributed by atoms with E-state index in [1.807, 2.05) is 20.8 Å². The van der Waals surface area contributed by atoms with Gasteiger partial charge in [0.05, 0.1) is 6.54 Å². The third-order valence-corrected chi connectivity index (χ3v) is 6.27. The number of hydrogen-bond donors (Lipinski definition) is 2. The van der Waals surface area contributed by atoms with Crippen molar-refractivity contribution < 1.29 is 28.7 Å². The lowest BCUT2D eigenvalue weighted by atomic mass is 9.67. The summed E-state index contributed by atoms with van der Waals surface area (Å²) < 4.78 is 4.97. The Kier molecular flexibility index (Phi) is 7.81. The highest BCUT2D eigenvalue weighted by molar-refractivity contribution is 6.08. The van der Waals surface area contributed by atoms with Crippen LogP contribution in [0.1, 0.15) is 67.2 Å². The van der Waals surface area contributed by atoms with Crippen molar-refractivity contribution in [3.63, 3.8) is 0 Å². The standard InChI is InChI=1S/C23H38N4O6/c1-21(2,3)15-8-10-23(11-9-15)19(31)27(20(32)25-23)13-18(30)33-14-17(29)26(7)12-16(28)24-22(4,5)6/h15H,8-14H2,1-7H3,(H,24,28)(H,25,32). The van der Waals surface area contributed by atoms with Gasteiger partial charge in [-0.1, -0.05) is 20.8 Å². The second-order valence-corrected chi connectivity index (χ2v) is 11.3. The highest BCUT2D eigenvalue weighted by Gasteiger charge is 2.53. The third kappa shape index (κ3) is 6.91. The second-order valence-electron chi connectivity index (χ2n) is 11.3. The van der Waals surface area contributed by atoms with Crippen LogP contribution in [0.4, 0.5) is 4.79 Å². The van der Waals surface area contributed by atoms with E-state index in [2.05, 4.69) is 31.4 Å². The van der Waals surface area contributed by atoms with Crippen LogP contribution < -0.4 is 10.6 Å². The number of nitrogens with one attached hydrogen (secondary N) is 2. The number of esters is 1. The summed E-state index contributed by atoms with van der Waals surface area (Å²) in [7, 11) is 1.42. The van der Waals surface area contributed by atoms with Crippen molar-refractivity contribution in [3.05, 3.63) is 0 Å². The average molecular weight is 467 g/mol. The van der Waals surface area contributed by atoms with Crippen LogP contribution in [0.15, 0.2) is 0 Å². The van der Waals surface area contributed by atoms with Gasteiger partial charge in [0, 0.05) is 12.6 Å². The number of nitrogens with zero attached hydrogens (tertiary/aromatic N) is 2. The van der Waals surface area contributed by atoms with Crippen molar-refractivity contribution in [2.75, 3.05) is 26.7 Å². The Balaban J connectivity index is 1.84. The molecule has 0 unspecified atom stereocenters. The fourth-order valence-corrected chi connectivity index (χ4v) is 4.32. The van der Waals surface area contributed by atoms with E-state index in [1.54, 1.807) is 0 Å². The molecule has 1 spiro atoms. The number of carbonyl (C=O) groups is 5. The summed E-state index contributed by atoms with van der Waals surface area (Å²) >= 11 is 0. The number of likely N-dealkylation sites (N-methyl/N-ethyl adjacent to an activating group) is 1. The normalized spacial score (nSPS) is 23.4. The number of ether oxygens (including phenoxy) is 1. The van der Waals surface area contributed by atoms with E-state index in [-0.39, 0.29) is 17.9 Å². The number of imide groups is 1. The highest BCUT2D eigenvalue weighted by Crippen LogP contribution is 2.43. The molecule has 2 rings (SSSR count). The zero-order valence-corrected chi connectivity index (χ0v) is 20.9. The Morgan fingerprint density at radius 1 is 1.12 bits per heavy atom. The first-order chi connectivity index (χ1) is 15.0. The maximum atomic E-state index is 13.0. The number of amides is 5. The molecule has 1 saturated carbocycles. The van der Waals surface area contributed by atoms with Crippen LogP contribution in [0.25, 0.3) is 0 Å². The summed E-state index contributed by atoms with van der Waals surface area (Å²) in [6.45, 7) is 10.7. The van der Waals surface area contributed by atoms with Crippen molar-refractivity contribution >= 4 is 29.7 Å². The molecule has 0 bridgehead atoms. The van der Waals surface area contributed by atoms with Crippen molar-refractivity contribution in [2.24, 2.45) is 11.3 Å². The fraction of sp³-hybridized carbons (Fsp3) is 0.783. The SMILES string of the molecule is CN(CC(=O)NC(C)(C)C)C(=O)COC(=O)CN1C(=O)NC2(CCC(C(C)(C)C)CC2)C1=O. The molecule has 0 aromatic rings. The quantitative estimate of drug-likeness (QED) is 0.451. The first-order valence-corrected chi connectivity index (χ1v) is 11.4. The molecule has 1 aliphatic heterocycles. The number of carbonyl (C=O) groups excluding carboxylic acids is 5. The van der Waals surface area contributed by atoms with E-state index in [0.29, 0.717) is 18.8 Å². The Bertz CT molecular complexity index is 803. The number of urea groups is 1. The molecule has 0 atom stereocenters. The minimum atomic E-state index is -0.963. The maximum absolute atomic E-state index is 13.0. The summed E-state index contributed by atoms with van der Waals surface area (Å²) in [6.07, 6.45) is 2.70. The smallest absolute Gasteiger partial charge is 0.326 e. The molecule has 2 fully saturated rings. The summed E-state index contributed by atoms with van der Waals surface area (Å²) in [5.74, 6) is -1.73. The van der Waals surface area contributed by atoms with Gasteiger partial charge in [-0.25, -0.2) is 4.79 Å². The van der Waals surface area contributed by atoms with Gasteiger partial charge in [-0.2, -0.15) is 0 Å². The van der Waals surface area contributed by atoms with Crippen LogP contribution in [0.5, 0.6) is 0 Å². The monoisotopic (exact) mass is 466 g/mol. The van der Waals surface area contributed by atoms with E-state index in [9.17, 15) is 24.0 Å². The Morgan fingerprint density at radius 2 is 1.70 bits per heavy atom. The average Bonchev–Trinajstić information content (AvgIpc) is 2.88. The number of hydrogen-bond acceptors (Lipinski definition) is 6. The molecule has 0 radical (unpaired) electrons. The van der Waals surface area contributed by atoms with Crippen LogP contribution in [0.3, 0.4) is 0 Å². The van der Waals surface area contributed by atoms with Gasteiger partial charge in [0.15, 0.2) is 6.61 Å². The molecule has 186 valence electrons. The topological polar surface area (TPSA) is 125 Å². The zero-order valence-electron chi connectivity index (χ0n) is 20.9. The predicted octanol–water partition coefficient (Wildman–Crippen LogP) is 1.43. The summed E-state index contributed by atoms with van der Waals surface area (Å²) in [4.78, 5) is 63.8. The van der Waals surface area contributed by atoms with E-state index in [0.717, 1.165) is 22.6 Å². The van der Waals surface area contributed by atoms with Gasteiger partial charge in [-0.05, 0) is 57.8 Å². The van der Waals surface area contributed by atoms with E-state index in [4.69, 9.17) is 4.74 Å². The van der Waals surface area contributed by atoms with Crippen LogP contribution in [0.2, 0.25) is 0 Å². The first-order valence-electron chi connectivity index (χ1n) is 11.4. The zero-order chi connectivity index (χ0) is 25.2. The third-order valence-electron chi connectivity index (χ3n) is 6.27. The molecule has 5 amide bonds. The van der Waals surface area contributed by atoms with Gasteiger partial charge in [0.25, 0.3) is 11.8 Å². The Labute approximate surface area is 195 Å². The maximum Gasteiger partial charge on any atom is 0.326 e. The van der Waals surface area contributed by atoms with Crippen molar-refractivity contribution in [3.8, 4) is 0 Å². The van der Waals surface area contributed by atoms with Crippen molar-refractivity contribution in [2.45, 2.75) is 78.3 Å². The van der Waals surface area contributed by atoms with E-state index >= 15 is 0 Å². The largest absolute Gasteiger partial charge is 0.454 e. The van der Waals surface area contributed by atoms with E-state index in [1.165, 1.54) is 7.05 Å². The fourth-order valence-electron chi connectivity index (χ4n) is 4.32. The molecule has 1 aliphatic carbocycles. The van der Waals surface area contributed by atoms with Gasteiger partial charge >= 0.3 is 12.0 Å². The van der Waals surface area contributed by atoms with Crippen LogP contribution in [-0.2, 0) is 23.9 Å². The Morgan fingerprint density at radius 3 is 2.21 bits per heavy atom. The van der Waals surface area contributed by atoms with Gasteiger partial charge in [-0.3, -0.25) is 24.1 Å². The van der Waals surface area contributed by atoms with Crippen LogP contribution in [-0.4, -0.2) is 77.3 Å².